The van der Waals surface area contributed by atoms with Crippen molar-refractivity contribution in [3.8, 4) is 11.5 Å². The maximum Gasteiger partial charge on any atom is 0.227 e. The van der Waals surface area contributed by atoms with Crippen molar-refractivity contribution in [1.82, 2.24) is 4.90 Å². The molecule has 1 fully saturated rings. The molecule has 1 aliphatic heterocycles. The predicted molar refractivity (Wildman–Crippen MR) is 88.9 cm³/mol. The zero-order valence-corrected chi connectivity index (χ0v) is 14.0. The molecule has 5 nitrogen and oxygen atoms in total. The highest BCUT2D eigenvalue weighted by Crippen LogP contribution is 2.28. The number of methoxy groups -OCH3 is 2. The average molecular weight is 329 g/mol. The second kappa shape index (κ2) is 8.86. The molecular weight excluding hydrogens is 304 g/mol. The predicted octanol–water partition coefficient (Wildman–Crippen LogP) is 2.01. The fourth-order valence-corrected chi connectivity index (χ4v) is 2.84. The Bertz CT molecular complexity index is 496. The van der Waals surface area contributed by atoms with E-state index in [4.69, 9.17) is 15.2 Å². The molecule has 1 saturated heterocycles. The van der Waals surface area contributed by atoms with Crippen molar-refractivity contribution in [2.45, 2.75) is 31.7 Å². The molecule has 1 aromatic carbocycles. The number of carbonyl (C=O) groups excluding carboxylic acids is 1. The van der Waals surface area contributed by atoms with Gasteiger partial charge in [-0.1, -0.05) is 6.07 Å². The Kier molecular flexibility index (Phi) is 7.48. The van der Waals surface area contributed by atoms with Crippen LogP contribution in [0.3, 0.4) is 0 Å². The number of piperidine rings is 1. The second-order valence-electron chi connectivity index (χ2n) is 5.34. The molecule has 0 aromatic heterocycles. The highest BCUT2D eigenvalue weighted by molar-refractivity contribution is 5.85. The summed E-state index contributed by atoms with van der Waals surface area (Å²) in [6, 6.07) is 5.78. The number of hydrogen-bond acceptors (Lipinski definition) is 4. The molecule has 0 radical (unpaired) electrons. The minimum Gasteiger partial charge on any atom is -0.493 e. The van der Waals surface area contributed by atoms with E-state index in [0.29, 0.717) is 24.5 Å². The van der Waals surface area contributed by atoms with Gasteiger partial charge >= 0.3 is 0 Å². The van der Waals surface area contributed by atoms with E-state index in [1.165, 1.54) is 0 Å². The molecule has 1 unspecified atom stereocenters. The lowest BCUT2D eigenvalue weighted by molar-refractivity contribution is -0.133. The molecule has 0 bridgehead atoms. The number of carbonyl (C=O) groups is 1. The first-order valence-electron chi connectivity index (χ1n) is 7.40. The maximum atomic E-state index is 12.5. The Hall–Kier alpha value is -1.46. The molecule has 1 aliphatic rings. The van der Waals surface area contributed by atoms with Crippen LogP contribution < -0.4 is 15.2 Å². The number of hydrogen-bond donors (Lipinski definition) is 1. The van der Waals surface area contributed by atoms with Crippen LogP contribution in [0.15, 0.2) is 18.2 Å². The van der Waals surface area contributed by atoms with Gasteiger partial charge in [-0.25, -0.2) is 0 Å². The summed E-state index contributed by atoms with van der Waals surface area (Å²) in [5, 5.41) is 0. The Labute approximate surface area is 138 Å². The zero-order chi connectivity index (χ0) is 15.2. The topological polar surface area (TPSA) is 64.8 Å². The molecule has 1 heterocycles. The molecule has 6 heteroatoms. The van der Waals surface area contributed by atoms with E-state index in [0.717, 1.165) is 31.4 Å². The summed E-state index contributed by atoms with van der Waals surface area (Å²) in [5.41, 5.74) is 6.71. The number of ether oxygens (including phenoxy) is 2. The van der Waals surface area contributed by atoms with Crippen molar-refractivity contribution >= 4 is 18.3 Å². The van der Waals surface area contributed by atoms with Crippen molar-refractivity contribution in [1.29, 1.82) is 0 Å². The van der Waals surface area contributed by atoms with E-state index in [2.05, 4.69) is 0 Å². The van der Waals surface area contributed by atoms with Gasteiger partial charge in [-0.3, -0.25) is 4.79 Å². The van der Waals surface area contributed by atoms with Crippen LogP contribution in [-0.2, 0) is 11.2 Å². The fourth-order valence-electron chi connectivity index (χ4n) is 2.84. The summed E-state index contributed by atoms with van der Waals surface area (Å²) < 4.78 is 10.5. The minimum absolute atomic E-state index is 0. The third-order valence-corrected chi connectivity index (χ3v) is 4.02. The van der Waals surface area contributed by atoms with Crippen molar-refractivity contribution in [3.05, 3.63) is 23.8 Å². The lowest BCUT2D eigenvalue weighted by atomic mass is 10.0. The SMILES string of the molecule is COc1ccc(CC(=O)N2CCCCC2CN)cc1OC.Cl. The van der Waals surface area contributed by atoms with Gasteiger partial charge in [-0.2, -0.15) is 0 Å². The highest BCUT2D eigenvalue weighted by Gasteiger charge is 2.25. The van der Waals surface area contributed by atoms with E-state index < -0.39 is 0 Å². The lowest BCUT2D eigenvalue weighted by Crippen LogP contribution is -2.48. The first kappa shape index (κ1) is 18.6. The monoisotopic (exact) mass is 328 g/mol. The molecular formula is C16H25ClN2O3. The van der Waals surface area contributed by atoms with Gasteiger partial charge in [0.2, 0.25) is 5.91 Å². The normalized spacial score (nSPS) is 17.6. The number of amides is 1. The number of nitrogens with two attached hydrogens (primary N) is 1. The summed E-state index contributed by atoms with van der Waals surface area (Å²) in [7, 11) is 3.20. The molecule has 22 heavy (non-hydrogen) atoms. The number of rotatable bonds is 5. The lowest BCUT2D eigenvalue weighted by Gasteiger charge is -2.35. The number of nitrogens with zero attached hydrogens (tertiary/aromatic N) is 1. The average Bonchev–Trinajstić information content (AvgIpc) is 2.54. The Morgan fingerprint density at radius 2 is 2.00 bits per heavy atom. The summed E-state index contributed by atoms with van der Waals surface area (Å²) in [6.45, 7) is 1.35. The van der Waals surface area contributed by atoms with Crippen LogP contribution in [0.2, 0.25) is 0 Å². The van der Waals surface area contributed by atoms with Crippen LogP contribution in [0.5, 0.6) is 11.5 Å². The van der Waals surface area contributed by atoms with Crippen molar-refractivity contribution < 1.29 is 14.3 Å². The van der Waals surface area contributed by atoms with E-state index in [1.54, 1.807) is 14.2 Å². The van der Waals surface area contributed by atoms with Crippen molar-refractivity contribution in [3.63, 3.8) is 0 Å². The van der Waals surface area contributed by atoms with Crippen LogP contribution in [0.4, 0.5) is 0 Å². The molecule has 1 amide bonds. The molecule has 0 aliphatic carbocycles. The number of halogens is 1. The van der Waals surface area contributed by atoms with Gasteiger partial charge in [-0.05, 0) is 37.0 Å². The molecule has 124 valence electrons. The highest BCUT2D eigenvalue weighted by atomic mass is 35.5. The molecule has 1 atom stereocenters. The van der Waals surface area contributed by atoms with Gasteiger partial charge in [0, 0.05) is 19.1 Å². The number of likely N-dealkylation sites (tertiary alicyclic amines) is 1. The summed E-state index contributed by atoms with van der Waals surface area (Å²) in [4.78, 5) is 14.4. The van der Waals surface area contributed by atoms with Gasteiger partial charge < -0.3 is 20.1 Å². The Balaban J connectivity index is 0.00000242. The van der Waals surface area contributed by atoms with E-state index in [9.17, 15) is 4.79 Å². The second-order valence-corrected chi connectivity index (χ2v) is 5.34. The minimum atomic E-state index is 0. The third-order valence-electron chi connectivity index (χ3n) is 4.02. The van der Waals surface area contributed by atoms with Gasteiger partial charge in [0.05, 0.1) is 20.6 Å². The van der Waals surface area contributed by atoms with Crippen LogP contribution in [0.25, 0.3) is 0 Å². The van der Waals surface area contributed by atoms with Crippen molar-refractivity contribution in [2.24, 2.45) is 5.73 Å². The summed E-state index contributed by atoms with van der Waals surface area (Å²) >= 11 is 0. The Morgan fingerprint density at radius 1 is 1.27 bits per heavy atom. The first-order valence-corrected chi connectivity index (χ1v) is 7.40. The zero-order valence-electron chi connectivity index (χ0n) is 13.2. The smallest absolute Gasteiger partial charge is 0.227 e. The van der Waals surface area contributed by atoms with Crippen LogP contribution in [0.1, 0.15) is 24.8 Å². The summed E-state index contributed by atoms with van der Waals surface area (Å²) in [6.07, 6.45) is 3.60. The standard InChI is InChI=1S/C16H24N2O3.ClH/c1-20-14-7-6-12(9-15(14)21-2)10-16(19)18-8-4-3-5-13(18)11-17;/h6-7,9,13H,3-5,8,10-11,17H2,1-2H3;1H. The van der Waals surface area contributed by atoms with E-state index in [1.807, 2.05) is 23.1 Å². The summed E-state index contributed by atoms with van der Waals surface area (Å²) in [5.74, 6) is 1.46. The van der Waals surface area contributed by atoms with E-state index in [-0.39, 0.29) is 24.4 Å². The van der Waals surface area contributed by atoms with Crippen LogP contribution in [-0.4, -0.2) is 44.2 Å². The molecule has 0 saturated carbocycles. The third kappa shape index (κ3) is 4.27. The van der Waals surface area contributed by atoms with Gasteiger partial charge in [0.1, 0.15) is 0 Å². The quantitative estimate of drug-likeness (QED) is 0.898. The maximum absolute atomic E-state index is 12.5. The largest absolute Gasteiger partial charge is 0.493 e. The van der Waals surface area contributed by atoms with Crippen molar-refractivity contribution in [2.75, 3.05) is 27.3 Å². The molecule has 1 aromatic rings. The van der Waals surface area contributed by atoms with Gasteiger partial charge in [-0.15, -0.1) is 12.4 Å². The van der Waals surface area contributed by atoms with E-state index >= 15 is 0 Å². The molecule has 2 rings (SSSR count). The Morgan fingerprint density at radius 3 is 2.64 bits per heavy atom. The molecule has 0 spiro atoms. The van der Waals surface area contributed by atoms with Gasteiger partial charge in [0.15, 0.2) is 11.5 Å². The first-order chi connectivity index (χ1) is 10.2. The van der Waals surface area contributed by atoms with Gasteiger partial charge in [0.25, 0.3) is 0 Å². The number of benzene rings is 1. The van der Waals surface area contributed by atoms with Crippen LogP contribution in [0, 0.1) is 0 Å². The fraction of sp³-hybridized carbons (Fsp3) is 0.562. The van der Waals surface area contributed by atoms with Crippen LogP contribution >= 0.6 is 12.4 Å². The molecule has 2 N–H and O–H groups in total.